The molecule has 5 heteroatoms. The van der Waals surface area contributed by atoms with Crippen LogP contribution in [0.2, 0.25) is 0 Å². The van der Waals surface area contributed by atoms with Gasteiger partial charge in [0.15, 0.2) is 0 Å². The molecule has 2 aromatic heterocycles. The number of hydrogen-bond acceptors (Lipinski definition) is 4. The predicted molar refractivity (Wildman–Crippen MR) is 64.7 cm³/mol. The Morgan fingerprint density at radius 2 is 2.24 bits per heavy atom. The van der Waals surface area contributed by atoms with Crippen LogP contribution in [0, 0.1) is 13.8 Å². The van der Waals surface area contributed by atoms with Gasteiger partial charge in [-0.05, 0) is 26.5 Å². The Bertz CT molecular complexity index is 486. The van der Waals surface area contributed by atoms with Crippen LogP contribution >= 0.6 is 0 Å². The molecule has 0 radical (unpaired) electrons. The van der Waals surface area contributed by atoms with Crippen LogP contribution in [0.1, 0.15) is 29.9 Å². The lowest BCUT2D eigenvalue weighted by molar-refractivity contribution is 0.473. The first-order chi connectivity index (χ1) is 8.19. The standard InChI is InChI=1S/C12H18N4O/c1-4-13-6-11-5-12(17-8-11)7-16-10(3)14-9(2)15-16/h5,8,13H,4,6-7H2,1-3H3. The van der Waals surface area contributed by atoms with E-state index in [-0.39, 0.29) is 0 Å². The molecule has 0 aliphatic rings. The molecule has 0 spiro atoms. The van der Waals surface area contributed by atoms with Crippen LogP contribution in [0.5, 0.6) is 0 Å². The topological polar surface area (TPSA) is 55.9 Å². The van der Waals surface area contributed by atoms with E-state index < -0.39 is 0 Å². The van der Waals surface area contributed by atoms with Gasteiger partial charge in [-0.1, -0.05) is 6.92 Å². The van der Waals surface area contributed by atoms with Gasteiger partial charge in [0.05, 0.1) is 6.26 Å². The minimum absolute atomic E-state index is 0.638. The lowest BCUT2D eigenvalue weighted by atomic mass is 10.3. The average Bonchev–Trinajstić information content (AvgIpc) is 2.84. The van der Waals surface area contributed by atoms with Crippen molar-refractivity contribution in [3.05, 3.63) is 35.3 Å². The summed E-state index contributed by atoms with van der Waals surface area (Å²) in [7, 11) is 0. The monoisotopic (exact) mass is 234 g/mol. The molecule has 92 valence electrons. The molecule has 0 atom stereocenters. The predicted octanol–water partition coefficient (Wildman–Crippen LogP) is 1.65. The molecule has 2 heterocycles. The van der Waals surface area contributed by atoms with E-state index in [1.807, 2.05) is 18.5 Å². The van der Waals surface area contributed by atoms with E-state index in [0.29, 0.717) is 6.54 Å². The molecule has 0 saturated carbocycles. The summed E-state index contributed by atoms with van der Waals surface area (Å²) in [6.07, 6.45) is 1.79. The van der Waals surface area contributed by atoms with Crippen LogP contribution < -0.4 is 5.32 Å². The van der Waals surface area contributed by atoms with Crippen molar-refractivity contribution in [3.8, 4) is 0 Å². The summed E-state index contributed by atoms with van der Waals surface area (Å²) in [6, 6.07) is 2.05. The third-order valence-corrected chi connectivity index (χ3v) is 2.56. The second-order valence-corrected chi connectivity index (χ2v) is 4.07. The number of nitrogens with one attached hydrogen (secondary N) is 1. The zero-order valence-corrected chi connectivity index (χ0v) is 10.5. The number of furan rings is 1. The molecule has 0 unspecified atom stereocenters. The van der Waals surface area contributed by atoms with Crippen molar-refractivity contribution in [2.24, 2.45) is 0 Å². The van der Waals surface area contributed by atoms with Crippen LogP contribution in [0.4, 0.5) is 0 Å². The molecule has 0 aliphatic carbocycles. The first-order valence-electron chi connectivity index (χ1n) is 5.84. The zero-order valence-electron chi connectivity index (χ0n) is 10.5. The molecule has 0 amide bonds. The molecular formula is C12H18N4O. The summed E-state index contributed by atoms with van der Waals surface area (Å²) >= 11 is 0. The molecule has 2 rings (SSSR count). The van der Waals surface area contributed by atoms with E-state index in [1.165, 1.54) is 0 Å². The number of nitrogens with zero attached hydrogens (tertiary/aromatic N) is 3. The third kappa shape index (κ3) is 2.94. The number of aryl methyl sites for hydroxylation is 2. The summed E-state index contributed by atoms with van der Waals surface area (Å²) in [5.74, 6) is 2.61. The molecule has 0 fully saturated rings. The highest BCUT2D eigenvalue weighted by atomic mass is 16.3. The fourth-order valence-electron chi connectivity index (χ4n) is 1.73. The Labute approximate surface area is 101 Å². The lowest BCUT2D eigenvalue weighted by Crippen LogP contribution is -2.10. The fraction of sp³-hybridized carbons (Fsp3) is 0.500. The van der Waals surface area contributed by atoms with Crippen LogP contribution in [0.3, 0.4) is 0 Å². The summed E-state index contributed by atoms with van der Waals surface area (Å²) in [5, 5.41) is 7.57. The van der Waals surface area contributed by atoms with Crippen molar-refractivity contribution in [1.82, 2.24) is 20.1 Å². The molecule has 0 saturated heterocycles. The Morgan fingerprint density at radius 1 is 1.41 bits per heavy atom. The molecule has 1 N–H and O–H groups in total. The molecular weight excluding hydrogens is 216 g/mol. The summed E-state index contributed by atoms with van der Waals surface area (Å²) < 4.78 is 7.35. The largest absolute Gasteiger partial charge is 0.467 e. The minimum atomic E-state index is 0.638. The van der Waals surface area contributed by atoms with Gasteiger partial charge >= 0.3 is 0 Å². The first-order valence-corrected chi connectivity index (χ1v) is 5.84. The van der Waals surface area contributed by atoms with Gasteiger partial charge in [-0.3, -0.25) is 0 Å². The first kappa shape index (κ1) is 11.9. The quantitative estimate of drug-likeness (QED) is 0.854. The zero-order chi connectivity index (χ0) is 12.3. The molecule has 0 aliphatic heterocycles. The van der Waals surface area contributed by atoms with Gasteiger partial charge in [-0.15, -0.1) is 0 Å². The maximum Gasteiger partial charge on any atom is 0.147 e. The van der Waals surface area contributed by atoms with E-state index in [0.717, 1.165) is 36.1 Å². The fourth-order valence-corrected chi connectivity index (χ4v) is 1.73. The Morgan fingerprint density at radius 3 is 2.88 bits per heavy atom. The molecule has 5 nitrogen and oxygen atoms in total. The van der Waals surface area contributed by atoms with Crippen molar-refractivity contribution < 1.29 is 4.42 Å². The highest BCUT2D eigenvalue weighted by Crippen LogP contribution is 2.10. The van der Waals surface area contributed by atoms with E-state index in [2.05, 4.69) is 28.4 Å². The Hall–Kier alpha value is -1.62. The Balaban J connectivity index is 2.03. The van der Waals surface area contributed by atoms with Crippen LogP contribution in [0.25, 0.3) is 0 Å². The SMILES string of the molecule is CCNCc1coc(Cn2nc(C)nc2C)c1. The van der Waals surface area contributed by atoms with Crippen LogP contribution in [-0.2, 0) is 13.1 Å². The average molecular weight is 234 g/mol. The number of rotatable bonds is 5. The second kappa shape index (κ2) is 5.14. The van der Waals surface area contributed by atoms with Gasteiger partial charge in [-0.25, -0.2) is 9.67 Å². The van der Waals surface area contributed by atoms with Crippen molar-refractivity contribution in [2.45, 2.75) is 33.9 Å². The third-order valence-electron chi connectivity index (χ3n) is 2.56. The van der Waals surface area contributed by atoms with Gasteiger partial charge in [0.25, 0.3) is 0 Å². The van der Waals surface area contributed by atoms with Crippen molar-refractivity contribution in [3.63, 3.8) is 0 Å². The summed E-state index contributed by atoms with van der Waals surface area (Å²) in [5.41, 5.74) is 1.16. The molecule has 2 aromatic rings. The molecule has 17 heavy (non-hydrogen) atoms. The molecule has 0 bridgehead atoms. The number of aromatic nitrogens is 3. The van der Waals surface area contributed by atoms with Crippen molar-refractivity contribution in [1.29, 1.82) is 0 Å². The normalized spacial score (nSPS) is 11.0. The van der Waals surface area contributed by atoms with E-state index >= 15 is 0 Å². The second-order valence-electron chi connectivity index (χ2n) is 4.07. The highest BCUT2D eigenvalue weighted by molar-refractivity contribution is 5.13. The van der Waals surface area contributed by atoms with Crippen LogP contribution in [-0.4, -0.2) is 21.3 Å². The van der Waals surface area contributed by atoms with Crippen LogP contribution in [0.15, 0.2) is 16.7 Å². The van der Waals surface area contributed by atoms with Gasteiger partial charge in [0, 0.05) is 12.1 Å². The van der Waals surface area contributed by atoms with Gasteiger partial charge in [0.2, 0.25) is 0 Å². The van der Waals surface area contributed by atoms with E-state index in [1.54, 1.807) is 6.26 Å². The van der Waals surface area contributed by atoms with Gasteiger partial charge in [0.1, 0.15) is 24.0 Å². The van der Waals surface area contributed by atoms with Crippen molar-refractivity contribution >= 4 is 0 Å². The van der Waals surface area contributed by atoms with Crippen molar-refractivity contribution in [2.75, 3.05) is 6.54 Å². The van der Waals surface area contributed by atoms with Gasteiger partial charge < -0.3 is 9.73 Å². The number of hydrogen-bond donors (Lipinski definition) is 1. The lowest BCUT2D eigenvalue weighted by Gasteiger charge is -1.98. The van der Waals surface area contributed by atoms with E-state index in [4.69, 9.17) is 4.42 Å². The Kier molecular flexibility index (Phi) is 3.58. The minimum Gasteiger partial charge on any atom is -0.467 e. The summed E-state index contributed by atoms with van der Waals surface area (Å²) in [4.78, 5) is 4.26. The smallest absolute Gasteiger partial charge is 0.147 e. The van der Waals surface area contributed by atoms with Gasteiger partial charge in [-0.2, -0.15) is 5.10 Å². The molecule has 0 aromatic carbocycles. The highest BCUT2D eigenvalue weighted by Gasteiger charge is 2.06. The van der Waals surface area contributed by atoms with E-state index in [9.17, 15) is 0 Å². The summed E-state index contributed by atoms with van der Waals surface area (Å²) in [6.45, 7) is 8.36. The maximum absolute atomic E-state index is 5.50. The maximum atomic E-state index is 5.50.